The van der Waals surface area contributed by atoms with Crippen molar-refractivity contribution in [3.8, 4) is 0 Å². The topological polar surface area (TPSA) is 49.6 Å². The summed E-state index contributed by atoms with van der Waals surface area (Å²) in [5.74, 6) is 0.272. The van der Waals surface area contributed by atoms with Crippen molar-refractivity contribution in [3.05, 3.63) is 0 Å². The van der Waals surface area contributed by atoms with Gasteiger partial charge in [-0.2, -0.15) is 0 Å². The molecule has 0 radical (unpaired) electrons. The molecule has 4 nitrogen and oxygen atoms in total. The van der Waals surface area contributed by atoms with Crippen LogP contribution in [0.3, 0.4) is 0 Å². The third kappa shape index (κ3) is 3.95. The van der Waals surface area contributed by atoms with Crippen LogP contribution in [0, 0.1) is 5.41 Å². The van der Waals surface area contributed by atoms with Gasteiger partial charge < -0.3 is 10.6 Å². The molecule has 0 aromatic carbocycles. The van der Waals surface area contributed by atoms with Crippen molar-refractivity contribution in [1.82, 2.24) is 9.80 Å². The molecule has 4 heteroatoms. The van der Waals surface area contributed by atoms with Crippen LogP contribution in [0.5, 0.6) is 0 Å². The molecular weight excluding hydrogens is 226 g/mol. The van der Waals surface area contributed by atoms with Gasteiger partial charge in [0.15, 0.2) is 0 Å². The predicted molar refractivity (Wildman–Crippen MR) is 75.4 cm³/mol. The lowest BCUT2D eigenvalue weighted by Gasteiger charge is -2.41. The SMILES string of the molecule is CCC(CCN)N1CCN(C(=O)C(C)(C)C)CC1. The molecule has 0 saturated carbocycles. The van der Waals surface area contributed by atoms with E-state index in [1.165, 1.54) is 0 Å². The molecule has 0 aliphatic carbocycles. The van der Waals surface area contributed by atoms with Gasteiger partial charge in [0.05, 0.1) is 0 Å². The predicted octanol–water partition coefficient (Wildman–Crippen LogP) is 1.30. The number of rotatable bonds is 4. The summed E-state index contributed by atoms with van der Waals surface area (Å²) in [5.41, 5.74) is 5.39. The van der Waals surface area contributed by atoms with E-state index < -0.39 is 0 Å². The number of piperazine rings is 1. The van der Waals surface area contributed by atoms with Gasteiger partial charge in [-0.25, -0.2) is 0 Å². The molecule has 0 bridgehead atoms. The highest BCUT2D eigenvalue weighted by molar-refractivity contribution is 5.81. The van der Waals surface area contributed by atoms with Gasteiger partial charge in [0.1, 0.15) is 0 Å². The van der Waals surface area contributed by atoms with Gasteiger partial charge in [-0.1, -0.05) is 27.7 Å². The monoisotopic (exact) mass is 255 g/mol. The van der Waals surface area contributed by atoms with E-state index in [1.807, 2.05) is 25.7 Å². The summed E-state index contributed by atoms with van der Waals surface area (Å²) in [5, 5.41) is 0. The van der Waals surface area contributed by atoms with E-state index in [0.717, 1.165) is 45.6 Å². The summed E-state index contributed by atoms with van der Waals surface area (Å²) in [6, 6.07) is 0.585. The van der Waals surface area contributed by atoms with Crippen molar-refractivity contribution in [1.29, 1.82) is 0 Å². The molecule has 1 fully saturated rings. The Bertz CT molecular complexity index is 265. The second-order valence-corrected chi connectivity index (χ2v) is 6.22. The summed E-state index contributed by atoms with van der Waals surface area (Å²) >= 11 is 0. The van der Waals surface area contributed by atoms with Crippen LogP contribution in [0.2, 0.25) is 0 Å². The van der Waals surface area contributed by atoms with Gasteiger partial charge in [-0.05, 0) is 19.4 Å². The maximum absolute atomic E-state index is 12.2. The smallest absolute Gasteiger partial charge is 0.228 e. The minimum atomic E-state index is -0.260. The first-order chi connectivity index (χ1) is 8.40. The fourth-order valence-corrected chi connectivity index (χ4v) is 2.60. The molecule has 0 spiro atoms. The van der Waals surface area contributed by atoms with Gasteiger partial charge in [-0.15, -0.1) is 0 Å². The molecule has 1 aliphatic rings. The second-order valence-electron chi connectivity index (χ2n) is 6.22. The first kappa shape index (κ1) is 15.4. The second kappa shape index (κ2) is 6.53. The highest BCUT2D eigenvalue weighted by atomic mass is 16.2. The summed E-state index contributed by atoms with van der Waals surface area (Å²) in [7, 11) is 0. The van der Waals surface area contributed by atoms with E-state index in [4.69, 9.17) is 5.73 Å². The first-order valence-corrected chi connectivity index (χ1v) is 7.13. The minimum Gasteiger partial charge on any atom is -0.340 e. The van der Waals surface area contributed by atoms with E-state index in [1.54, 1.807) is 0 Å². The minimum absolute atomic E-state index is 0.260. The lowest BCUT2D eigenvalue weighted by molar-refractivity contribution is -0.141. The molecular formula is C14H29N3O. The molecule has 106 valence electrons. The van der Waals surface area contributed by atoms with Crippen LogP contribution in [0.4, 0.5) is 0 Å². The fraction of sp³-hybridized carbons (Fsp3) is 0.929. The standard InChI is InChI=1S/C14H29N3O/c1-5-12(6-7-15)16-8-10-17(11-9-16)13(18)14(2,3)4/h12H,5-11,15H2,1-4H3. The van der Waals surface area contributed by atoms with Crippen molar-refractivity contribution >= 4 is 5.91 Å². The third-order valence-corrected chi connectivity index (χ3v) is 3.73. The quantitative estimate of drug-likeness (QED) is 0.824. The maximum Gasteiger partial charge on any atom is 0.228 e. The molecule has 1 saturated heterocycles. The van der Waals surface area contributed by atoms with Crippen molar-refractivity contribution in [2.24, 2.45) is 11.1 Å². The Morgan fingerprint density at radius 3 is 2.17 bits per heavy atom. The Balaban J connectivity index is 2.48. The van der Waals surface area contributed by atoms with Crippen LogP contribution < -0.4 is 5.73 Å². The normalized spacial score (nSPS) is 19.9. The first-order valence-electron chi connectivity index (χ1n) is 7.13. The number of hydrogen-bond donors (Lipinski definition) is 1. The summed E-state index contributed by atoms with van der Waals surface area (Å²) in [6.07, 6.45) is 2.20. The van der Waals surface area contributed by atoms with Crippen molar-refractivity contribution in [2.75, 3.05) is 32.7 Å². The molecule has 1 heterocycles. The molecule has 1 rings (SSSR count). The summed E-state index contributed by atoms with van der Waals surface area (Å²) < 4.78 is 0. The highest BCUT2D eigenvalue weighted by Gasteiger charge is 2.30. The molecule has 0 aromatic rings. The largest absolute Gasteiger partial charge is 0.340 e. The van der Waals surface area contributed by atoms with E-state index >= 15 is 0 Å². The van der Waals surface area contributed by atoms with E-state index in [2.05, 4.69) is 11.8 Å². The van der Waals surface area contributed by atoms with Crippen molar-refractivity contribution < 1.29 is 4.79 Å². The number of carbonyl (C=O) groups excluding carboxylic acids is 1. The number of nitrogens with two attached hydrogens (primary N) is 1. The number of nitrogens with zero attached hydrogens (tertiary/aromatic N) is 2. The molecule has 1 unspecified atom stereocenters. The van der Waals surface area contributed by atoms with Crippen LogP contribution in [0.15, 0.2) is 0 Å². The number of amides is 1. The average molecular weight is 255 g/mol. The Kier molecular flexibility index (Phi) is 5.60. The van der Waals surface area contributed by atoms with Crippen LogP contribution >= 0.6 is 0 Å². The summed E-state index contributed by atoms with van der Waals surface area (Å²) in [4.78, 5) is 16.7. The van der Waals surface area contributed by atoms with Crippen LogP contribution in [0.25, 0.3) is 0 Å². The van der Waals surface area contributed by atoms with Gasteiger partial charge in [0.25, 0.3) is 0 Å². The molecule has 1 aliphatic heterocycles. The lowest BCUT2D eigenvalue weighted by atomic mass is 9.94. The van der Waals surface area contributed by atoms with Gasteiger partial charge in [0.2, 0.25) is 5.91 Å². The van der Waals surface area contributed by atoms with Gasteiger partial charge in [-0.3, -0.25) is 9.69 Å². The molecule has 1 atom stereocenters. The molecule has 18 heavy (non-hydrogen) atoms. The van der Waals surface area contributed by atoms with E-state index in [-0.39, 0.29) is 11.3 Å². The van der Waals surface area contributed by atoms with Crippen LogP contribution in [-0.4, -0.2) is 54.5 Å². The number of hydrogen-bond acceptors (Lipinski definition) is 3. The Labute approximate surface area is 111 Å². The Hall–Kier alpha value is -0.610. The van der Waals surface area contributed by atoms with Crippen molar-refractivity contribution in [3.63, 3.8) is 0 Å². The summed E-state index contributed by atoms with van der Waals surface area (Å²) in [6.45, 7) is 12.6. The van der Waals surface area contributed by atoms with Gasteiger partial charge >= 0.3 is 0 Å². The fourth-order valence-electron chi connectivity index (χ4n) is 2.60. The molecule has 2 N–H and O–H groups in total. The maximum atomic E-state index is 12.2. The number of carbonyl (C=O) groups is 1. The zero-order chi connectivity index (χ0) is 13.8. The lowest BCUT2D eigenvalue weighted by Crippen LogP contribution is -2.54. The van der Waals surface area contributed by atoms with E-state index in [9.17, 15) is 4.79 Å². The van der Waals surface area contributed by atoms with Crippen LogP contribution in [0.1, 0.15) is 40.5 Å². The zero-order valence-electron chi connectivity index (χ0n) is 12.4. The third-order valence-electron chi connectivity index (χ3n) is 3.73. The zero-order valence-corrected chi connectivity index (χ0v) is 12.4. The van der Waals surface area contributed by atoms with Crippen LogP contribution in [-0.2, 0) is 4.79 Å². The molecule has 1 amide bonds. The van der Waals surface area contributed by atoms with E-state index in [0.29, 0.717) is 6.04 Å². The molecule has 0 aromatic heterocycles. The highest BCUT2D eigenvalue weighted by Crippen LogP contribution is 2.20. The average Bonchev–Trinajstić information content (AvgIpc) is 2.34. The van der Waals surface area contributed by atoms with Crippen molar-refractivity contribution in [2.45, 2.75) is 46.6 Å². The Morgan fingerprint density at radius 1 is 1.22 bits per heavy atom. The van der Waals surface area contributed by atoms with Gasteiger partial charge in [0, 0.05) is 37.6 Å². The Morgan fingerprint density at radius 2 is 1.78 bits per heavy atom.